The topological polar surface area (TPSA) is 57.6 Å². The standard InChI is InChI=1S/C10H15NO3/c12-9(7-3-4-7)11-5-1-2-8(6-11)10(13)14/h7-8H,1-6H2,(H,13,14)/t8-/m0/s1. The fourth-order valence-corrected chi connectivity index (χ4v) is 1.97. The maximum atomic E-state index is 11.7. The van der Waals surface area contributed by atoms with Crippen molar-refractivity contribution in [1.29, 1.82) is 0 Å². The molecule has 0 radical (unpaired) electrons. The van der Waals surface area contributed by atoms with Gasteiger partial charge in [-0.1, -0.05) is 0 Å². The maximum Gasteiger partial charge on any atom is 0.308 e. The first kappa shape index (κ1) is 9.49. The lowest BCUT2D eigenvalue weighted by molar-refractivity contribution is -0.146. The molecule has 1 aliphatic heterocycles. The van der Waals surface area contributed by atoms with Crippen LogP contribution < -0.4 is 0 Å². The number of likely N-dealkylation sites (tertiary alicyclic amines) is 1. The number of hydrogen-bond donors (Lipinski definition) is 1. The first-order valence-electron chi connectivity index (χ1n) is 5.20. The molecule has 0 aromatic heterocycles. The van der Waals surface area contributed by atoms with Gasteiger partial charge in [-0.15, -0.1) is 0 Å². The second-order valence-corrected chi connectivity index (χ2v) is 4.24. The molecule has 0 aromatic carbocycles. The Morgan fingerprint density at radius 1 is 1.14 bits per heavy atom. The van der Waals surface area contributed by atoms with E-state index in [2.05, 4.69) is 0 Å². The molecule has 1 atom stereocenters. The van der Waals surface area contributed by atoms with Crippen LogP contribution in [0.4, 0.5) is 0 Å². The van der Waals surface area contributed by atoms with Crippen LogP contribution in [0, 0.1) is 11.8 Å². The molecule has 1 saturated heterocycles. The van der Waals surface area contributed by atoms with Crippen molar-refractivity contribution in [1.82, 2.24) is 4.90 Å². The lowest BCUT2D eigenvalue weighted by Gasteiger charge is -2.30. The van der Waals surface area contributed by atoms with E-state index in [0.29, 0.717) is 13.0 Å². The average Bonchev–Trinajstić information content (AvgIpc) is 3.00. The van der Waals surface area contributed by atoms with Crippen molar-refractivity contribution in [3.05, 3.63) is 0 Å². The minimum absolute atomic E-state index is 0.177. The van der Waals surface area contributed by atoms with Crippen LogP contribution in [0.1, 0.15) is 25.7 Å². The van der Waals surface area contributed by atoms with E-state index in [-0.39, 0.29) is 17.7 Å². The number of aliphatic carboxylic acids is 1. The molecule has 0 aromatic rings. The lowest BCUT2D eigenvalue weighted by atomic mass is 9.98. The molecule has 1 N–H and O–H groups in total. The van der Waals surface area contributed by atoms with E-state index in [0.717, 1.165) is 25.8 Å². The summed E-state index contributed by atoms with van der Waals surface area (Å²) in [7, 11) is 0. The summed E-state index contributed by atoms with van der Waals surface area (Å²) in [6, 6.07) is 0. The second kappa shape index (κ2) is 3.59. The molecule has 1 amide bonds. The third kappa shape index (κ3) is 1.89. The smallest absolute Gasteiger partial charge is 0.308 e. The normalized spacial score (nSPS) is 27.4. The van der Waals surface area contributed by atoms with Crippen molar-refractivity contribution < 1.29 is 14.7 Å². The quantitative estimate of drug-likeness (QED) is 0.709. The first-order valence-corrected chi connectivity index (χ1v) is 5.20. The van der Waals surface area contributed by atoms with Crippen LogP contribution in [0.3, 0.4) is 0 Å². The highest BCUT2D eigenvalue weighted by Gasteiger charge is 2.36. The van der Waals surface area contributed by atoms with Gasteiger partial charge < -0.3 is 10.0 Å². The zero-order valence-electron chi connectivity index (χ0n) is 8.11. The van der Waals surface area contributed by atoms with Crippen LogP contribution in [0.25, 0.3) is 0 Å². The summed E-state index contributed by atoms with van der Waals surface area (Å²) in [5.74, 6) is -0.719. The number of carboxylic acid groups (broad SMARTS) is 1. The van der Waals surface area contributed by atoms with Crippen LogP contribution in [0.2, 0.25) is 0 Å². The van der Waals surface area contributed by atoms with Gasteiger partial charge in [-0.05, 0) is 25.7 Å². The van der Waals surface area contributed by atoms with Crippen molar-refractivity contribution in [2.45, 2.75) is 25.7 Å². The number of hydrogen-bond acceptors (Lipinski definition) is 2. The first-order chi connectivity index (χ1) is 6.68. The van der Waals surface area contributed by atoms with E-state index in [1.807, 2.05) is 0 Å². The fraction of sp³-hybridized carbons (Fsp3) is 0.800. The molecule has 1 heterocycles. The van der Waals surface area contributed by atoms with Gasteiger partial charge in [0.25, 0.3) is 0 Å². The van der Waals surface area contributed by atoms with E-state index in [1.54, 1.807) is 4.90 Å². The molecular weight excluding hydrogens is 182 g/mol. The SMILES string of the molecule is O=C(O)[C@H]1CCCN(C(=O)C2CC2)C1. The molecule has 1 saturated carbocycles. The molecule has 14 heavy (non-hydrogen) atoms. The zero-order valence-corrected chi connectivity index (χ0v) is 8.11. The van der Waals surface area contributed by atoms with E-state index in [9.17, 15) is 9.59 Å². The van der Waals surface area contributed by atoms with Crippen molar-refractivity contribution >= 4 is 11.9 Å². The van der Waals surface area contributed by atoms with Gasteiger partial charge in [-0.25, -0.2) is 0 Å². The Morgan fingerprint density at radius 3 is 2.43 bits per heavy atom. The van der Waals surface area contributed by atoms with Crippen LogP contribution in [-0.4, -0.2) is 35.0 Å². The van der Waals surface area contributed by atoms with Gasteiger partial charge in [0.15, 0.2) is 0 Å². The summed E-state index contributed by atoms with van der Waals surface area (Å²) in [6.07, 6.45) is 3.53. The molecule has 4 nitrogen and oxygen atoms in total. The molecule has 2 rings (SSSR count). The van der Waals surface area contributed by atoms with Crippen molar-refractivity contribution in [3.8, 4) is 0 Å². The van der Waals surface area contributed by atoms with Gasteiger partial charge in [-0.3, -0.25) is 9.59 Å². The van der Waals surface area contributed by atoms with Crippen LogP contribution in [0.15, 0.2) is 0 Å². The largest absolute Gasteiger partial charge is 0.481 e. The Balaban J connectivity index is 1.92. The molecule has 0 spiro atoms. The highest BCUT2D eigenvalue weighted by molar-refractivity contribution is 5.82. The molecule has 2 fully saturated rings. The zero-order chi connectivity index (χ0) is 10.1. The number of piperidine rings is 1. The molecule has 1 aliphatic carbocycles. The summed E-state index contributed by atoms with van der Waals surface area (Å²) in [6.45, 7) is 1.17. The molecule has 0 unspecified atom stereocenters. The number of carbonyl (C=O) groups is 2. The summed E-state index contributed by atoms with van der Waals surface area (Å²) in [5, 5.41) is 8.85. The third-order valence-corrected chi connectivity index (χ3v) is 3.01. The summed E-state index contributed by atoms with van der Waals surface area (Å²) in [4.78, 5) is 24.2. The van der Waals surface area contributed by atoms with Crippen LogP contribution in [-0.2, 0) is 9.59 Å². The Kier molecular flexibility index (Phi) is 2.44. The van der Waals surface area contributed by atoms with E-state index in [1.165, 1.54) is 0 Å². The second-order valence-electron chi connectivity index (χ2n) is 4.24. The van der Waals surface area contributed by atoms with Gasteiger partial charge in [0.2, 0.25) is 5.91 Å². The maximum absolute atomic E-state index is 11.7. The Hall–Kier alpha value is -1.06. The number of rotatable bonds is 2. The molecule has 0 bridgehead atoms. The Labute approximate surface area is 82.9 Å². The molecule has 78 valence electrons. The predicted octanol–water partition coefficient (Wildman–Crippen LogP) is 0.720. The van der Waals surface area contributed by atoms with Gasteiger partial charge in [-0.2, -0.15) is 0 Å². The van der Waals surface area contributed by atoms with Crippen molar-refractivity contribution in [3.63, 3.8) is 0 Å². The van der Waals surface area contributed by atoms with Gasteiger partial charge >= 0.3 is 5.97 Å². The van der Waals surface area contributed by atoms with Crippen molar-refractivity contribution in [2.24, 2.45) is 11.8 Å². The Bertz CT molecular complexity index is 260. The number of nitrogens with zero attached hydrogens (tertiary/aromatic N) is 1. The minimum Gasteiger partial charge on any atom is -0.481 e. The van der Waals surface area contributed by atoms with E-state index < -0.39 is 5.97 Å². The molecular formula is C10H15NO3. The fourth-order valence-electron chi connectivity index (χ4n) is 1.97. The van der Waals surface area contributed by atoms with Crippen LogP contribution >= 0.6 is 0 Å². The Morgan fingerprint density at radius 2 is 1.86 bits per heavy atom. The highest BCUT2D eigenvalue weighted by Crippen LogP contribution is 2.32. The number of amides is 1. The van der Waals surface area contributed by atoms with Gasteiger partial charge in [0.1, 0.15) is 0 Å². The summed E-state index contributed by atoms with van der Waals surface area (Å²) < 4.78 is 0. The number of carboxylic acids is 1. The molecule has 4 heteroatoms. The van der Waals surface area contributed by atoms with Crippen LogP contribution in [0.5, 0.6) is 0 Å². The minimum atomic E-state index is -0.765. The van der Waals surface area contributed by atoms with E-state index in [4.69, 9.17) is 5.11 Å². The molecule has 2 aliphatic rings. The lowest BCUT2D eigenvalue weighted by Crippen LogP contribution is -2.42. The summed E-state index contributed by atoms with van der Waals surface area (Å²) in [5.41, 5.74) is 0. The predicted molar refractivity (Wildman–Crippen MR) is 49.7 cm³/mol. The van der Waals surface area contributed by atoms with Crippen molar-refractivity contribution in [2.75, 3.05) is 13.1 Å². The van der Waals surface area contributed by atoms with Gasteiger partial charge in [0.05, 0.1) is 5.92 Å². The van der Waals surface area contributed by atoms with E-state index >= 15 is 0 Å². The third-order valence-electron chi connectivity index (χ3n) is 3.01. The summed E-state index contributed by atoms with van der Waals surface area (Å²) >= 11 is 0. The average molecular weight is 197 g/mol. The monoisotopic (exact) mass is 197 g/mol. The number of carbonyl (C=O) groups excluding carboxylic acids is 1. The highest BCUT2D eigenvalue weighted by atomic mass is 16.4. The van der Waals surface area contributed by atoms with Gasteiger partial charge in [0, 0.05) is 19.0 Å².